The Kier molecular flexibility index (Phi) is 5.83. The largest absolute Gasteiger partial charge is 0.370 e. The highest BCUT2D eigenvalue weighted by atomic mass is 35.5. The predicted octanol–water partition coefficient (Wildman–Crippen LogP) is 5.79. The second kappa shape index (κ2) is 8.92. The Morgan fingerprint density at radius 3 is 2.42 bits per heavy atom. The third kappa shape index (κ3) is 4.60. The van der Waals surface area contributed by atoms with Crippen molar-refractivity contribution in [2.24, 2.45) is 0 Å². The maximum atomic E-state index is 13.1. The Balaban J connectivity index is 1.56. The lowest BCUT2D eigenvalue weighted by Crippen LogP contribution is -2.21. The van der Waals surface area contributed by atoms with Gasteiger partial charge in [-0.15, -0.1) is 0 Å². The highest BCUT2D eigenvalue weighted by Gasteiger charge is 2.22. The number of fused-ring (bicyclic) bond motifs is 1. The van der Waals surface area contributed by atoms with Gasteiger partial charge in [-0.3, -0.25) is 9.82 Å². The van der Waals surface area contributed by atoms with E-state index in [9.17, 15) is 8.42 Å². The minimum absolute atomic E-state index is 0.163. The molecule has 6 nitrogen and oxygen atoms in total. The fourth-order valence-corrected chi connectivity index (χ4v) is 5.25. The van der Waals surface area contributed by atoms with Crippen molar-refractivity contribution in [2.75, 3.05) is 22.7 Å². The van der Waals surface area contributed by atoms with Gasteiger partial charge in [-0.2, -0.15) is 5.10 Å². The third-order valence-electron chi connectivity index (χ3n) is 5.76. The van der Waals surface area contributed by atoms with Crippen molar-refractivity contribution in [1.29, 1.82) is 0 Å². The number of H-pyrrole nitrogens is 1. The lowest BCUT2D eigenvalue weighted by Gasteiger charge is -2.22. The van der Waals surface area contributed by atoms with Crippen molar-refractivity contribution in [2.45, 2.75) is 17.7 Å². The fourth-order valence-electron chi connectivity index (χ4n) is 4.06. The lowest BCUT2D eigenvalue weighted by molar-refractivity contribution is 0.601. The standard InChI is InChI=1S/C25H23ClN4O2S/c26-19-9-11-20(12-10-19)33(31,32)29-24-16-21-22(13-8-18-6-2-1-3-7-18)27-28-23(21)17-25(24)30-14-4-5-15-30/h1-3,6-13,16-17,29H,4-5,14-15H2,(H,27,28)/b13-8+. The van der Waals surface area contributed by atoms with Crippen LogP contribution in [0.1, 0.15) is 24.1 Å². The minimum atomic E-state index is -3.79. The van der Waals surface area contributed by atoms with E-state index in [-0.39, 0.29) is 4.90 Å². The Morgan fingerprint density at radius 2 is 1.70 bits per heavy atom. The van der Waals surface area contributed by atoms with Crippen molar-refractivity contribution in [1.82, 2.24) is 10.2 Å². The number of nitrogens with one attached hydrogen (secondary N) is 2. The van der Waals surface area contributed by atoms with E-state index in [2.05, 4.69) is 19.8 Å². The number of hydrogen-bond donors (Lipinski definition) is 2. The van der Waals surface area contributed by atoms with Gasteiger partial charge in [0.1, 0.15) is 0 Å². The van der Waals surface area contributed by atoms with Crippen LogP contribution in [0.2, 0.25) is 5.02 Å². The average Bonchev–Trinajstić information content (AvgIpc) is 3.48. The molecule has 5 rings (SSSR count). The summed E-state index contributed by atoms with van der Waals surface area (Å²) in [5, 5.41) is 8.89. The first-order valence-corrected chi connectivity index (χ1v) is 12.6. The van der Waals surface area contributed by atoms with Crippen LogP contribution in [0.3, 0.4) is 0 Å². The van der Waals surface area contributed by atoms with Gasteiger partial charge in [0.2, 0.25) is 0 Å². The molecule has 3 aromatic carbocycles. The van der Waals surface area contributed by atoms with Gasteiger partial charge in [0.25, 0.3) is 10.0 Å². The molecule has 0 amide bonds. The van der Waals surface area contributed by atoms with Crippen LogP contribution in [-0.2, 0) is 10.0 Å². The number of halogens is 1. The Labute approximate surface area is 197 Å². The van der Waals surface area contributed by atoms with Crippen molar-refractivity contribution in [3.8, 4) is 0 Å². The molecule has 0 bridgehead atoms. The summed E-state index contributed by atoms with van der Waals surface area (Å²) in [5.41, 5.74) is 4.05. The molecule has 168 valence electrons. The van der Waals surface area contributed by atoms with Crippen molar-refractivity contribution >= 4 is 56.1 Å². The number of hydrogen-bond acceptors (Lipinski definition) is 4. The van der Waals surface area contributed by atoms with E-state index in [1.165, 1.54) is 12.1 Å². The van der Waals surface area contributed by atoms with Crippen LogP contribution in [0.5, 0.6) is 0 Å². The number of anilines is 2. The van der Waals surface area contributed by atoms with E-state index in [0.717, 1.165) is 53.8 Å². The van der Waals surface area contributed by atoms with Crippen LogP contribution < -0.4 is 9.62 Å². The summed E-state index contributed by atoms with van der Waals surface area (Å²) in [6.45, 7) is 1.77. The van der Waals surface area contributed by atoms with Gasteiger partial charge in [-0.05, 0) is 60.9 Å². The molecule has 0 spiro atoms. The van der Waals surface area contributed by atoms with Crippen molar-refractivity contribution < 1.29 is 8.42 Å². The molecule has 0 radical (unpaired) electrons. The van der Waals surface area contributed by atoms with Crippen LogP contribution in [0, 0.1) is 0 Å². The molecule has 2 N–H and O–H groups in total. The Bertz CT molecular complexity index is 1410. The fraction of sp³-hybridized carbons (Fsp3) is 0.160. The van der Waals surface area contributed by atoms with E-state index in [1.54, 1.807) is 12.1 Å². The summed E-state index contributed by atoms with van der Waals surface area (Å²) in [6.07, 6.45) is 6.08. The summed E-state index contributed by atoms with van der Waals surface area (Å²) >= 11 is 5.94. The molecule has 1 fully saturated rings. The number of rotatable bonds is 6. The van der Waals surface area contributed by atoms with Crippen LogP contribution >= 0.6 is 11.6 Å². The van der Waals surface area contributed by atoms with Gasteiger partial charge in [0.15, 0.2) is 0 Å². The second-order valence-corrected chi connectivity index (χ2v) is 10.1. The number of nitrogens with zero attached hydrogens (tertiary/aromatic N) is 2. The zero-order valence-electron chi connectivity index (χ0n) is 17.8. The van der Waals surface area contributed by atoms with Gasteiger partial charge < -0.3 is 4.90 Å². The zero-order chi connectivity index (χ0) is 22.8. The molecule has 33 heavy (non-hydrogen) atoms. The second-order valence-electron chi connectivity index (χ2n) is 8.02. The van der Waals surface area contributed by atoms with Gasteiger partial charge in [0, 0.05) is 23.5 Å². The first-order chi connectivity index (χ1) is 16.0. The number of aromatic nitrogens is 2. The summed E-state index contributed by atoms with van der Waals surface area (Å²) < 4.78 is 29.1. The molecule has 1 aliphatic heterocycles. The first-order valence-electron chi connectivity index (χ1n) is 10.8. The summed E-state index contributed by atoms with van der Waals surface area (Å²) in [4.78, 5) is 2.37. The third-order valence-corrected chi connectivity index (χ3v) is 7.39. The summed E-state index contributed by atoms with van der Waals surface area (Å²) in [6, 6.07) is 20.0. The van der Waals surface area contributed by atoms with Crippen LogP contribution in [-0.4, -0.2) is 31.7 Å². The zero-order valence-corrected chi connectivity index (χ0v) is 19.4. The minimum Gasteiger partial charge on any atom is -0.370 e. The number of sulfonamides is 1. The quantitative estimate of drug-likeness (QED) is 0.368. The number of benzene rings is 3. The van der Waals surface area contributed by atoms with Crippen LogP contribution in [0.15, 0.2) is 71.6 Å². The van der Waals surface area contributed by atoms with Gasteiger partial charge >= 0.3 is 0 Å². The van der Waals surface area contributed by atoms with Crippen LogP contribution in [0.4, 0.5) is 11.4 Å². The van der Waals surface area contributed by atoms with Gasteiger partial charge in [0.05, 0.1) is 27.5 Å². The summed E-state index contributed by atoms with van der Waals surface area (Å²) in [5.74, 6) is 0. The smallest absolute Gasteiger partial charge is 0.261 e. The van der Waals surface area contributed by atoms with E-state index >= 15 is 0 Å². The SMILES string of the molecule is O=S(=O)(Nc1cc2c(/C=C/c3ccccc3)n[nH]c2cc1N1CCCC1)c1ccc(Cl)cc1. The van der Waals surface area contributed by atoms with Crippen molar-refractivity contribution in [3.05, 3.63) is 83.0 Å². The van der Waals surface area contributed by atoms with Crippen molar-refractivity contribution in [3.63, 3.8) is 0 Å². The van der Waals surface area contributed by atoms with Gasteiger partial charge in [-0.25, -0.2) is 8.42 Å². The van der Waals surface area contributed by atoms with E-state index in [0.29, 0.717) is 10.7 Å². The molecule has 0 aliphatic carbocycles. The molecule has 1 saturated heterocycles. The normalized spacial score (nSPS) is 14.4. The molecule has 1 aliphatic rings. The Morgan fingerprint density at radius 1 is 0.970 bits per heavy atom. The Hall–Kier alpha value is -3.29. The van der Waals surface area contributed by atoms with E-state index in [4.69, 9.17) is 11.6 Å². The molecule has 4 aromatic rings. The first kappa shape index (κ1) is 21.6. The number of aromatic amines is 1. The molecule has 1 aromatic heterocycles. The van der Waals surface area contributed by atoms with E-state index in [1.807, 2.05) is 54.6 Å². The lowest BCUT2D eigenvalue weighted by atomic mass is 10.1. The van der Waals surface area contributed by atoms with Gasteiger partial charge in [-0.1, -0.05) is 48.0 Å². The average molecular weight is 479 g/mol. The maximum Gasteiger partial charge on any atom is 0.261 e. The monoisotopic (exact) mass is 478 g/mol. The van der Waals surface area contributed by atoms with Crippen LogP contribution in [0.25, 0.3) is 23.1 Å². The highest BCUT2D eigenvalue weighted by molar-refractivity contribution is 7.92. The predicted molar refractivity (Wildman–Crippen MR) is 135 cm³/mol. The maximum absolute atomic E-state index is 13.1. The molecule has 2 heterocycles. The molecule has 0 atom stereocenters. The van der Waals surface area contributed by atoms with E-state index < -0.39 is 10.0 Å². The topological polar surface area (TPSA) is 78.1 Å². The molecular formula is C25H23ClN4O2S. The molecule has 0 saturated carbocycles. The molecule has 0 unspecified atom stereocenters. The summed E-state index contributed by atoms with van der Waals surface area (Å²) in [7, 11) is -3.79. The highest BCUT2D eigenvalue weighted by Crippen LogP contribution is 2.35. The molecule has 8 heteroatoms. The molecular weight excluding hydrogens is 456 g/mol.